The third kappa shape index (κ3) is 4.61. The summed E-state index contributed by atoms with van der Waals surface area (Å²) in [4.78, 5) is 16.5. The third-order valence-corrected chi connectivity index (χ3v) is 3.95. The summed E-state index contributed by atoms with van der Waals surface area (Å²) in [7, 11) is 1.61. The lowest BCUT2D eigenvalue weighted by molar-refractivity contribution is 0.0950. The van der Waals surface area contributed by atoms with Gasteiger partial charge in [0, 0.05) is 12.7 Å². The number of carbonyl (C=O) groups excluding carboxylic acids is 1. The molecular weight excluding hydrogens is 340 g/mol. The predicted molar refractivity (Wildman–Crippen MR) is 103 cm³/mol. The first-order valence-electron chi connectivity index (χ1n) is 8.33. The fourth-order valence-electron chi connectivity index (χ4n) is 2.46. The van der Waals surface area contributed by atoms with E-state index in [1.54, 1.807) is 37.4 Å². The lowest BCUT2D eigenvalue weighted by Gasteiger charge is -2.09. The van der Waals surface area contributed by atoms with Crippen molar-refractivity contribution in [1.29, 1.82) is 5.26 Å². The molecule has 0 aliphatic rings. The second kappa shape index (κ2) is 8.50. The van der Waals surface area contributed by atoms with Crippen LogP contribution in [0.15, 0.2) is 66.9 Å². The van der Waals surface area contributed by atoms with Crippen LogP contribution in [0.3, 0.4) is 0 Å². The maximum Gasteiger partial charge on any atom is 0.253 e. The van der Waals surface area contributed by atoms with Crippen molar-refractivity contribution < 1.29 is 9.53 Å². The molecular formula is C21H18N4O2. The van der Waals surface area contributed by atoms with Gasteiger partial charge in [0.1, 0.15) is 17.6 Å². The summed E-state index contributed by atoms with van der Waals surface area (Å²) in [6.45, 7) is 0.415. The summed E-state index contributed by atoms with van der Waals surface area (Å²) in [6, 6.07) is 20.2. The van der Waals surface area contributed by atoms with Crippen LogP contribution in [0, 0.1) is 11.3 Å². The summed E-state index contributed by atoms with van der Waals surface area (Å²) < 4.78 is 5.11. The number of nitrogens with one attached hydrogen (secondary N) is 2. The van der Waals surface area contributed by atoms with Crippen molar-refractivity contribution in [3.63, 3.8) is 0 Å². The van der Waals surface area contributed by atoms with Gasteiger partial charge in [-0.2, -0.15) is 5.26 Å². The number of nitrogens with zero attached hydrogens (tertiary/aromatic N) is 2. The minimum absolute atomic E-state index is 0.206. The Balaban J connectivity index is 1.60. The number of hydrogen-bond acceptors (Lipinski definition) is 5. The zero-order valence-corrected chi connectivity index (χ0v) is 14.8. The highest BCUT2D eigenvalue weighted by atomic mass is 16.5. The number of nitriles is 1. The Morgan fingerprint density at radius 2 is 1.89 bits per heavy atom. The topological polar surface area (TPSA) is 87.0 Å². The number of carbonyl (C=O) groups is 1. The Kier molecular flexibility index (Phi) is 5.65. The SMILES string of the molecule is COc1ccc(CNC(=O)c2ccc(Nc3ccccc3C#N)nc2)cc1. The van der Waals surface area contributed by atoms with Gasteiger partial charge in [-0.25, -0.2) is 4.98 Å². The second-order valence-electron chi connectivity index (χ2n) is 5.75. The summed E-state index contributed by atoms with van der Waals surface area (Å²) in [5.41, 5.74) is 2.64. The maximum atomic E-state index is 12.3. The quantitative estimate of drug-likeness (QED) is 0.702. The largest absolute Gasteiger partial charge is 0.497 e. The Morgan fingerprint density at radius 1 is 1.11 bits per heavy atom. The molecule has 3 aromatic rings. The van der Waals surface area contributed by atoms with E-state index in [0.29, 0.717) is 29.2 Å². The van der Waals surface area contributed by atoms with Crippen LogP contribution < -0.4 is 15.4 Å². The lowest BCUT2D eigenvalue weighted by Crippen LogP contribution is -2.22. The van der Waals surface area contributed by atoms with Gasteiger partial charge in [0.2, 0.25) is 0 Å². The minimum atomic E-state index is -0.206. The molecule has 0 radical (unpaired) electrons. The van der Waals surface area contributed by atoms with Crippen LogP contribution in [0.4, 0.5) is 11.5 Å². The average molecular weight is 358 g/mol. The summed E-state index contributed by atoms with van der Waals surface area (Å²) in [5.74, 6) is 1.13. The minimum Gasteiger partial charge on any atom is -0.497 e. The van der Waals surface area contributed by atoms with Gasteiger partial charge in [-0.15, -0.1) is 0 Å². The first-order chi connectivity index (χ1) is 13.2. The summed E-state index contributed by atoms with van der Waals surface area (Å²) >= 11 is 0. The molecule has 6 heteroatoms. The Hall–Kier alpha value is -3.85. The molecule has 0 unspecified atom stereocenters. The number of para-hydroxylation sites is 1. The molecule has 134 valence electrons. The molecule has 0 atom stereocenters. The van der Waals surface area contributed by atoms with E-state index in [4.69, 9.17) is 10.00 Å². The molecule has 0 spiro atoms. The van der Waals surface area contributed by atoms with E-state index in [0.717, 1.165) is 11.3 Å². The molecule has 27 heavy (non-hydrogen) atoms. The molecule has 2 aromatic carbocycles. The Morgan fingerprint density at radius 3 is 2.56 bits per heavy atom. The van der Waals surface area contributed by atoms with Crippen LogP contribution in [0.25, 0.3) is 0 Å². The highest BCUT2D eigenvalue weighted by molar-refractivity contribution is 5.94. The van der Waals surface area contributed by atoms with Crippen molar-refractivity contribution >= 4 is 17.4 Å². The normalized spacial score (nSPS) is 9.93. The molecule has 0 saturated heterocycles. The van der Waals surface area contributed by atoms with E-state index < -0.39 is 0 Å². The van der Waals surface area contributed by atoms with Crippen molar-refractivity contribution in [3.05, 3.63) is 83.6 Å². The van der Waals surface area contributed by atoms with Crippen molar-refractivity contribution in [2.24, 2.45) is 0 Å². The van der Waals surface area contributed by atoms with E-state index in [1.807, 2.05) is 30.3 Å². The van der Waals surface area contributed by atoms with Gasteiger partial charge in [0.25, 0.3) is 5.91 Å². The first kappa shape index (κ1) is 18.0. The number of ether oxygens (including phenoxy) is 1. The number of amides is 1. The number of aromatic nitrogens is 1. The second-order valence-corrected chi connectivity index (χ2v) is 5.75. The molecule has 0 aliphatic heterocycles. The average Bonchev–Trinajstić information content (AvgIpc) is 2.73. The van der Waals surface area contributed by atoms with Gasteiger partial charge in [-0.05, 0) is 42.0 Å². The van der Waals surface area contributed by atoms with E-state index >= 15 is 0 Å². The maximum absolute atomic E-state index is 12.3. The molecule has 0 saturated carbocycles. The van der Waals surface area contributed by atoms with Gasteiger partial charge < -0.3 is 15.4 Å². The Bertz CT molecular complexity index is 961. The molecule has 0 bridgehead atoms. The Labute approximate surface area is 157 Å². The lowest BCUT2D eigenvalue weighted by atomic mass is 10.2. The van der Waals surface area contributed by atoms with Gasteiger partial charge in [-0.1, -0.05) is 24.3 Å². The van der Waals surface area contributed by atoms with E-state index in [9.17, 15) is 4.79 Å². The highest BCUT2D eigenvalue weighted by Crippen LogP contribution is 2.19. The molecule has 3 rings (SSSR count). The highest BCUT2D eigenvalue weighted by Gasteiger charge is 2.07. The first-order valence-corrected chi connectivity index (χ1v) is 8.33. The van der Waals surface area contributed by atoms with E-state index in [1.165, 1.54) is 6.20 Å². The number of benzene rings is 2. The molecule has 0 aliphatic carbocycles. The van der Waals surface area contributed by atoms with Crippen LogP contribution in [-0.4, -0.2) is 18.0 Å². The van der Waals surface area contributed by atoms with Crippen molar-refractivity contribution in [3.8, 4) is 11.8 Å². The van der Waals surface area contributed by atoms with Crippen LogP contribution in [0.5, 0.6) is 5.75 Å². The van der Waals surface area contributed by atoms with E-state index in [-0.39, 0.29) is 5.91 Å². The number of rotatable bonds is 6. The van der Waals surface area contributed by atoms with Crippen molar-refractivity contribution in [1.82, 2.24) is 10.3 Å². The monoisotopic (exact) mass is 358 g/mol. The van der Waals surface area contributed by atoms with Gasteiger partial charge >= 0.3 is 0 Å². The zero-order chi connectivity index (χ0) is 19.1. The number of pyridine rings is 1. The van der Waals surface area contributed by atoms with E-state index in [2.05, 4.69) is 21.7 Å². The van der Waals surface area contributed by atoms with Crippen LogP contribution in [0.2, 0.25) is 0 Å². The fourth-order valence-corrected chi connectivity index (χ4v) is 2.46. The van der Waals surface area contributed by atoms with Crippen molar-refractivity contribution in [2.75, 3.05) is 12.4 Å². The predicted octanol–water partition coefficient (Wildman–Crippen LogP) is 3.64. The van der Waals surface area contributed by atoms with Gasteiger partial charge in [0.15, 0.2) is 0 Å². The molecule has 1 heterocycles. The number of methoxy groups -OCH3 is 1. The fraction of sp³-hybridized carbons (Fsp3) is 0.0952. The third-order valence-electron chi connectivity index (χ3n) is 3.95. The molecule has 1 amide bonds. The summed E-state index contributed by atoms with van der Waals surface area (Å²) in [5, 5.41) is 15.1. The smallest absolute Gasteiger partial charge is 0.253 e. The molecule has 2 N–H and O–H groups in total. The van der Waals surface area contributed by atoms with Gasteiger partial charge in [0.05, 0.1) is 23.9 Å². The molecule has 1 aromatic heterocycles. The molecule has 0 fully saturated rings. The van der Waals surface area contributed by atoms with Crippen LogP contribution in [0.1, 0.15) is 21.5 Å². The van der Waals surface area contributed by atoms with Crippen LogP contribution in [-0.2, 0) is 6.54 Å². The summed E-state index contributed by atoms with van der Waals surface area (Å²) in [6.07, 6.45) is 1.50. The zero-order valence-electron chi connectivity index (χ0n) is 14.8. The van der Waals surface area contributed by atoms with Crippen LogP contribution >= 0.6 is 0 Å². The number of hydrogen-bond donors (Lipinski definition) is 2. The number of anilines is 2. The van der Waals surface area contributed by atoms with Gasteiger partial charge in [-0.3, -0.25) is 4.79 Å². The van der Waals surface area contributed by atoms with Crippen molar-refractivity contribution in [2.45, 2.75) is 6.54 Å². The molecule has 6 nitrogen and oxygen atoms in total. The standard InChI is InChI=1S/C21H18N4O2/c1-27-18-9-6-15(7-10-18)13-24-21(26)17-8-11-20(23-14-17)25-19-5-3-2-4-16(19)12-22/h2-11,14H,13H2,1H3,(H,23,25)(H,24,26).